The van der Waals surface area contributed by atoms with Gasteiger partial charge in [-0.1, -0.05) is 6.42 Å². The summed E-state index contributed by atoms with van der Waals surface area (Å²) in [5.74, 6) is 0.273. The van der Waals surface area contributed by atoms with E-state index >= 15 is 0 Å². The van der Waals surface area contributed by atoms with Crippen LogP contribution in [-0.4, -0.2) is 45.1 Å². The molecule has 0 heterocycles. The first kappa shape index (κ1) is 16.0. The molecule has 2 unspecified atom stereocenters. The summed E-state index contributed by atoms with van der Waals surface area (Å²) in [5, 5.41) is 0. The van der Waals surface area contributed by atoms with E-state index in [9.17, 15) is 13.2 Å². The summed E-state index contributed by atoms with van der Waals surface area (Å²) in [4.78, 5) is 14.5. The second-order valence-corrected chi connectivity index (χ2v) is 7.72. The third kappa shape index (κ3) is 3.44. The van der Waals surface area contributed by atoms with Gasteiger partial charge in [-0.15, -0.1) is 0 Å². The molecule has 0 saturated heterocycles. The number of rotatable bonds is 4. The monoisotopic (exact) mass is 310 g/mol. The highest BCUT2D eigenvalue weighted by atomic mass is 32.2. The molecule has 1 amide bonds. The lowest BCUT2D eigenvalue weighted by atomic mass is 10.0. The van der Waals surface area contributed by atoms with Gasteiger partial charge in [-0.05, 0) is 49.6 Å². The number of nitrogens with zero attached hydrogens (tertiary/aromatic N) is 1. The maximum atomic E-state index is 12.5. The van der Waals surface area contributed by atoms with Crippen molar-refractivity contribution in [2.75, 3.05) is 19.8 Å². The van der Waals surface area contributed by atoms with E-state index in [2.05, 4.69) is 0 Å². The SMILES string of the molecule is CN(C(=O)c1ccc(S(C)(=O)=O)cc1)C1CCCC1CN. The molecule has 5 nitrogen and oxygen atoms in total. The zero-order chi connectivity index (χ0) is 15.6. The molecule has 0 spiro atoms. The van der Waals surface area contributed by atoms with Crippen molar-refractivity contribution < 1.29 is 13.2 Å². The molecule has 0 aliphatic heterocycles. The highest BCUT2D eigenvalue weighted by molar-refractivity contribution is 7.90. The summed E-state index contributed by atoms with van der Waals surface area (Å²) in [6.45, 7) is 0.593. The van der Waals surface area contributed by atoms with Crippen molar-refractivity contribution in [2.24, 2.45) is 11.7 Å². The van der Waals surface area contributed by atoms with Crippen molar-refractivity contribution in [1.82, 2.24) is 4.90 Å². The minimum Gasteiger partial charge on any atom is -0.338 e. The minimum absolute atomic E-state index is 0.0830. The maximum Gasteiger partial charge on any atom is 0.253 e. The van der Waals surface area contributed by atoms with Gasteiger partial charge in [0.1, 0.15) is 0 Å². The second-order valence-electron chi connectivity index (χ2n) is 5.71. The van der Waals surface area contributed by atoms with Crippen molar-refractivity contribution >= 4 is 15.7 Å². The molecule has 2 rings (SSSR count). The molecular weight excluding hydrogens is 288 g/mol. The Balaban J connectivity index is 2.16. The Bertz CT molecular complexity index is 610. The predicted molar refractivity (Wildman–Crippen MR) is 81.8 cm³/mol. The standard InChI is InChI=1S/C15H22N2O3S/c1-17(14-5-3-4-12(14)10-16)15(18)11-6-8-13(9-7-11)21(2,19)20/h6-9,12,14H,3-5,10,16H2,1-2H3. The lowest BCUT2D eigenvalue weighted by Gasteiger charge is -2.29. The number of benzene rings is 1. The number of hydrogen-bond donors (Lipinski definition) is 1. The summed E-state index contributed by atoms with van der Waals surface area (Å²) in [7, 11) is -1.44. The van der Waals surface area contributed by atoms with E-state index in [-0.39, 0.29) is 16.8 Å². The van der Waals surface area contributed by atoms with Crippen LogP contribution in [0.1, 0.15) is 29.6 Å². The molecule has 2 N–H and O–H groups in total. The lowest BCUT2D eigenvalue weighted by molar-refractivity contribution is 0.0700. The average molecular weight is 310 g/mol. The molecule has 0 radical (unpaired) electrons. The van der Waals surface area contributed by atoms with E-state index in [1.807, 2.05) is 0 Å². The molecule has 1 aromatic carbocycles. The fourth-order valence-electron chi connectivity index (χ4n) is 3.00. The number of nitrogens with two attached hydrogens (primary N) is 1. The van der Waals surface area contributed by atoms with Gasteiger partial charge in [0.05, 0.1) is 4.90 Å². The summed E-state index contributed by atoms with van der Waals surface area (Å²) < 4.78 is 22.9. The molecule has 1 saturated carbocycles. The van der Waals surface area contributed by atoms with Crippen LogP contribution in [0, 0.1) is 5.92 Å². The number of carbonyl (C=O) groups excluding carboxylic acids is 1. The van der Waals surface area contributed by atoms with Gasteiger partial charge in [0.2, 0.25) is 0 Å². The first-order valence-electron chi connectivity index (χ1n) is 7.12. The topological polar surface area (TPSA) is 80.5 Å². The molecule has 1 fully saturated rings. The molecular formula is C15H22N2O3S. The van der Waals surface area contributed by atoms with Gasteiger partial charge >= 0.3 is 0 Å². The van der Waals surface area contributed by atoms with Crippen LogP contribution in [0.3, 0.4) is 0 Å². The highest BCUT2D eigenvalue weighted by Crippen LogP contribution is 2.29. The lowest BCUT2D eigenvalue weighted by Crippen LogP contribution is -2.41. The predicted octanol–water partition coefficient (Wildman–Crippen LogP) is 1.29. The molecule has 21 heavy (non-hydrogen) atoms. The second kappa shape index (κ2) is 6.15. The largest absolute Gasteiger partial charge is 0.338 e. The molecule has 1 aromatic rings. The maximum absolute atomic E-state index is 12.5. The Hall–Kier alpha value is -1.40. The van der Waals surface area contributed by atoms with Gasteiger partial charge in [0.25, 0.3) is 5.91 Å². The van der Waals surface area contributed by atoms with Crippen molar-refractivity contribution in [3.8, 4) is 0 Å². The van der Waals surface area contributed by atoms with Gasteiger partial charge in [0, 0.05) is 24.9 Å². The summed E-state index contributed by atoms with van der Waals surface area (Å²) in [6.07, 6.45) is 4.29. The number of hydrogen-bond acceptors (Lipinski definition) is 4. The Morgan fingerprint density at radius 3 is 2.43 bits per heavy atom. The van der Waals surface area contributed by atoms with Crippen LogP contribution < -0.4 is 5.73 Å². The highest BCUT2D eigenvalue weighted by Gasteiger charge is 2.32. The summed E-state index contributed by atoms with van der Waals surface area (Å²) in [6, 6.07) is 6.28. The van der Waals surface area contributed by atoms with Gasteiger partial charge in [0.15, 0.2) is 9.84 Å². The van der Waals surface area contributed by atoms with Crippen LogP contribution in [0.5, 0.6) is 0 Å². The van der Waals surface area contributed by atoms with Crippen LogP contribution in [-0.2, 0) is 9.84 Å². The normalized spacial score (nSPS) is 22.2. The van der Waals surface area contributed by atoms with E-state index in [0.29, 0.717) is 18.0 Å². The number of sulfone groups is 1. The Labute approximate surface area is 126 Å². The van der Waals surface area contributed by atoms with Gasteiger partial charge in [-0.3, -0.25) is 4.79 Å². The fraction of sp³-hybridized carbons (Fsp3) is 0.533. The van der Waals surface area contributed by atoms with Gasteiger partial charge in [-0.2, -0.15) is 0 Å². The molecule has 2 atom stereocenters. The summed E-state index contributed by atoms with van der Waals surface area (Å²) in [5.41, 5.74) is 6.27. The van der Waals surface area contributed by atoms with Crippen LogP contribution in [0.4, 0.5) is 0 Å². The van der Waals surface area contributed by atoms with Crippen molar-refractivity contribution in [3.05, 3.63) is 29.8 Å². The molecule has 6 heteroatoms. The Morgan fingerprint density at radius 1 is 1.29 bits per heavy atom. The zero-order valence-electron chi connectivity index (χ0n) is 12.5. The third-order valence-corrected chi connectivity index (χ3v) is 5.40. The fourth-order valence-corrected chi connectivity index (χ4v) is 3.63. The zero-order valence-corrected chi connectivity index (χ0v) is 13.3. The van der Waals surface area contributed by atoms with E-state index < -0.39 is 9.84 Å². The van der Waals surface area contributed by atoms with Crippen LogP contribution in [0.25, 0.3) is 0 Å². The van der Waals surface area contributed by atoms with Crippen LogP contribution in [0.2, 0.25) is 0 Å². The van der Waals surface area contributed by atoms with E-state index in [1.165, 1.54) is 12.1 Å². The Morgan fingerprint density at radius 2 is 1.90 bits per heavy atom. The quantitative estimate of drug-likeness (QED) is 0.908. The minimum atomic E-state index is -3.24. The number of amides is 1. The van der Waals surface area contributed by atoms with E-state index in [0.717, 1.165) is 25.5 Å². The van der Waals surface area contributed by atoms with Crippen molar-refractivity contribution in [1.29, 1.82) is 0 Å². The van der Waals surface area contributed by atoms with Gasteiger partial charge in [-0.25, -0.2) is 8.42 Å². The van der Waals surface area contributed by atoms with Crippen molar-refractivity contribution in [2.45, 2.75) is 30.2 Å². The van der Waals surface area contributed by atoms with Gasteiger partial charge < -0.3 is 10.6 Å². The Kier molecular flexibility index (Phi) is 4.68. The van der Waals surface area contributed by atoms with E-state index in [4.69, 9.17) is 5.73 Å². The van der Waals surface area contributed by atoms with Crippen LogP contribution in [0.15, 0.2) is 29.2 Å². The van der Waals surface area contributed by atoms with Crippen molar-refractivity contribution in [3.63, 3.8) is 0 Å². The molecule has 1 aliphatic carbocycles. The first-order valence-corrected chi connectivity index (χ1v) is 9.01. The summed E-state index contributed by atoms with van der Waals surface area (Å²) >= 11 is 0. The molecule has 116 valence electrons. The van der Waals surface area contributed by atoms with E-state index in [1.54, 1.807) is 24.1 Å². The smallest absolute Gasteiger partial charge is 0.253 e. The van der Waals surface area contributed by atoms with Crippen LogP contribution >= 0.6 is 0 Å². The first-order chi connectivity index (χ1) is 9.84. The third-order valence-electron chi connectivity index (χ3n) is 4.27. The molecule has 0 aromatic heterocycles. The molecule has 1 aliphatic rings. The number of carbonyl (C=O) groups is 1. The molecule has 0 bridgehead atoms. The average Bonchev–Trinajstić information content (AvgIpc) is 2.93.